The summed E-state index contributed by atoms with van der Waals surface area (Å²) in [6.45, 7) is 5.59. The van der Waals surface area contributed by atoms with Crippen molar-refractivity contribution in [3.05, 3.63) is 81.8 Å². The Labute approximate surface area is 156 Å². The van der Waals surface area contributed by atoms with Gasteiger partial charge in [0.15, 0.2) is 0 Å². The van der Waals surface area contributed by atoms with Gasteiger partial charge in [-0.15, -0.1) is 12.6 Å². The van der Waals surface area contributed by atoms with Crippen LogP contribution in [-0.2, 0) is 23.8 Å². The molecule has 2 N–H and O–H groups in total. The quantitative estimate of drug-likeness (QED) is 0.432. The zero-order valence-corrected chi connectivity index (χ0v) is 15.2. The van der Waals surface area contributed by atoms with Gasteiger partial charge in [0.2, 0.25) is 5.91 Å². The van der Waals surface area contributed by atoms with Crippen molar-refractivity contribution in [1.29, 1.82) is 0 Å². The Bertz CT molecular complexity index is 819. The number of amides is 1. The molecule has 1 aromatic carbocycles. The maximum absolute atomic E-state index is 12.9. The number of primary amides is 1. The van der Waals surface area contributed by atoms with E-state index in [9.17, 15) is 18.0 Å². The fourth-order valence-corrected chi connectivity index (χ4v) is 3.39. The Morgan fingerprint density at radius 3 is 2.46 bits per heavy atom. The minimum Gasteiger partial charge on any atom is -0.366 e. The number of hydrogen-bond acceptors (Lipinski definition) is 2. The van der Waals surface area contributed by atoms with E-state index in [4.69, 9.17) is 5.73 Å². The van der Waals surface area contributed by atoms with Gasteiger partial charge in [-0.3, -0.25) is 4.79 Å². The van der Waals surface area contributed by atoms with E-state index in [0.717, 1.165) is 22.8 Å². The predicted molar refractivity (Wildman–Crippen MR) is 101 cm³/mol. The first-order chi connectivity index (χ1) is 12.2. The van der Waals surface area contributed by atoms with Crippen LogP contribution in [0.4, 0.5) is 13.2 Å². The highest BCUT2D eigenvalue weighted by Gasteiger charge is 2.33. The number of alkyl halides is 3. The fraction of sp³-hybridized carbons (Fsp3) is 0.250. The number of nitrogens with two attached hydrogens (primary N) is 1. The maximum atomic E-state index is 12.9. The molecule has 0 aromatic heterocycles. The van der Waals surface area contributed by atoms with E-state index in [0.29, 0.717) is 23.3 Å². The molecule has 0 spiro atoms. The lowest BCUT2D eigenvalue weighted by Gasteiger charge is -2.12. The molecule has 0 aliphatic heterocycles. The number of halogens is 3. The van der Waals surface area contributed by atoms with Crippen molar-refractivity contribution in [3.8, 4) is 0 Å². The van der Waals surface area contributed by atoms with Crippen molar-refractivity contribution in [3.63, 3.8) is 0 Å². The van der Waals surface area contributed by atoms with E-state index in [-0.39, 0.29) is 5.92 Å². The number of hydrogen-bond donors (Lipinski definition) is 2. The summed E-state index contributed by atoms with van der Waals surface area (Å²) in [5, 5.41) is 0. The summed E-state index contributed by atoms with van der Waals surface area (Å²) in [4.78, 5) is 11.4. The van der Waals surface area contributed by atoms with Crippen molar-refractivity contribution in [1.82, 2.24) is 0 Å². The molecule has 0 radical (unpaired) electrons. The van der Waals surface area contributed by atoms with Crippen LogP contribution in [0.15, 0.2) is 65.1 Å². The molecule has 26 heavy (non-hydrogen) atoms. The Morgan fingerprint density at radius 1 is 1.27 bits per heavy atom. The molecule has 2 rings (SSSR count). The minimum absolute atomic E-state index is 0.0585. The highest BCUT2D eigenvalue weighted by atomic mass is 32.1. The third kappa shape index (κ3) is 4.69. The average molecular weight is 379 g/mol. The van der Waals surface area contributed by atoms with E-state index >= 15 is 0 Å². The van der Waals surface area contributed by atoms with Crippen molar-refractivity contribution in [2.75, 3.05) is 0 Å². The standard InChI is InChI=1S/C20H20F3NOS/c1-3-12(7-13(4-2)18(26)11-19(24)25)15-8-14-5-6-17(20(21,22)23)10-16(14)9-15/h3-7,10-11,15,26H,2,8-9H2,1H3,(H2,24,25)/b12-3+,13-7+,18-11-. The van der Waals surface area contributed by atoms with Crippen LogP contribution in [0.25, 0.3) is 0 Å². The number of allylic oxidation sites excluding steroid dienone is 5. The summed E-state index contributed by atoms with van der Waals surface area (Å²) in [6, 6.07) is 3.92. The molecule has 1 unspecified atom stereocenters. The normalized spacial score (nSPS) is 18.7. The zero-order valence-electron chi connectivity index (χ0n) is 14.3. The third-order valence-electron chi connectivity index (χ3n) is 4.39. The lowest BCUT2D eigenvalue weighted by molar-refractivity contribution is -0.137. The summed E-state index contributed by atoms with van der Waals surface area (Å²) in [6.07, 6.45) is 3.37. The summed E-state index contributed by atoms with van der Waals surface area (Å²) in [5.41, 5.74) is 7.75. The molecule has 1 atom stereocenters. The number of carbonyl (C=O) groups excluding carboxylic acids is 1. The van der Waals surface area contributed by atoms with Crippen LogP contribution in [0, 0.1) is 5.92 Å². The van der Waals surface area contributed by atoms with Crippen molar-refractivity contribution < 1.29 is 18.0 Å². The molecule has 0 heterocycles. The molecule has 1 aliphatic rings. The minimum atomic E-state index is -4.34. The van der Waals surface area contributed by atoms with Crippen LogP contribution in [-0.4, -0.2) is 5.91 Å². The van der Waals surface area contributed by atoms with E-state index in [1.807, 2.05) is 19.1 Å². The van der Waals surface area contributed by atoms with Gasteiger partial charge in [-0.2, -0.15) is 13.2 Å². The average Bonchev–Trinajstić information content (AvgIpc) is 2.97. The number of benzene rings is 1. The van der Waals surface area contributed by atoms with Gasteiger partial charge in [-0.25, -0.2) is 0 Å². The lowest BCUT2D eigenvalue weighted by atomic mass is 9.93. The highest BCUT2D eigenvalue weighted by molar-refractivity contribution is 7.84. The van der Waals surface area contributed by atoms with E-state index in [1.165, 1.54) is 12.1 Å². The fourth-order valence-electron chi connectivity index (χ4n) is 3.10. The van der Waals surface area contributed by atoms with Crippen LogP contribution in [0.5, 0.6) is 0 Å². The second-order valence-corrected chi connectivity index (χ2v) is 6.59. The van der Waals surface area contributed by atoms with Crippen molar-refractivity contribution in [2.24, 2.45) is 11.7 Å². The summed E-state index contributed by atoms with van der Waals surface area (Å²) >= 11 is 4.26. The SMILES string of the molecule is C=CC(=C\C(=C/C)C1Cc2ccc(C(F)(F)F)cc2C1)/C(S)=C/C(N)=O. The first-order valence-corrected chi connectivity index (χ1v) is 8.50. The van der Waals surface area contributed by atoms with Crippen LogP contribution in [0.2, 0.25) is 0 Å². The molecule has 1 aliphatic carbocycles. The Hall–Kier alpha value is -2.21. The number of fused-ring (bicyclic) bond motifs is 1. The molecule has 0 bridgehead atoms. The van der Waals surface area contributed by atoms with Gasteiger partial charge in [0.25, 0.3) is 0 Å². The smallest absolute Gasteiger partial charge is 0.366 e. The van der Waals surface area contributed by atoms with E-state index < -0.39 is 17.6 Å². The largest absolute Gasteiger partial charge is 0.416 e. The van der Waals surface area contributed by atoms with Gasteiger partial charge < -0.3 is 5.73 Å². The summed E-state index contributed by atoms with van der Waals surface area (Å²) < 4.78 is 38.7. The van der Waals surface area contributed by atoms with Crippen LogP contribution >= 0.6 is 12.6 Å². The Balaban J connectivity index is 2.28. The van der Waals surface area contributed by atoms with E-state index in [2.05, 4.69) is 19.2 Å². The van der Waals surface area contributed by atoms with Gasteiger partial charge in [-0.05, 0) is 60.1 Å². The molecular formula is C20H20F3NOS. The summed E-state index contributed by atoms with van der Waals surface area (Å²) in [7, 11) is 0. The highest BCUT2D eigenvalue weighted by Crippen LogP contribution is 2.37. The Kier molecular flexibility index (Phi) is 6.18. The van der Waals surface area contributed by atoms with Gasteiger partial charge in [0, 0.05) is 11.0 Å². The molecule has 2 nitrogen and oxygen atoms in total. The van der Waals surface area contributed by atoms with Crippen molar-refractivity contribution in [2.45, 2.75) is 25.9 Å². The van der Waals surface area contributed by atoms with Crippen LogP contribution in [0.3, 0.4) is 0 Å². The molecule has 0 saturated heterocycles. The first-order valence-electron chi connectivity index (χ1n) is 8.05. The van der Waals surface area contributed by atoms with Crippen LogP contribution in [0.1, 0.15) is 23.6 Å². The molecule has 1 aromatic rings. The monoisotopic (exact) mass is 379 g/mol. The lowest BCUT2D eigenvalue weighted by Crippen LogP contribution is -2.07. The topological polar surface area (TPSA) is 43.1 Å². The van der Waals surface area contributed by atoms with Gasteiger partial charge >= 0.3 is 6.18 Å². The molecule has 0 fully saturated rings. The van der Waals surface area contributed by atoms with Crippen LogP contribution < -0.4 is 5.73 Å². The second-order valence-electron chi connectivity index (χ2n) is 6.11. The van der Waals surface area contributed by atoms with Gasteiger partial charge in [0.1, 0.15) is 0 Å². The van der Waals surface area contributed by atoms with E-state index in [1.54, 1.807) is 12.1 Å². The van der Waals surface area contributed by atoms with Gasteiger partial charge in [0.05, 0.1) is 5.56 Å². The number of carbonyl (C=O) groups is 1. The Morgan fingerprint density at radius 2 is 1.92 bits per heavy atom. The van der Waals surface area contributed by atoms with Gasteiger partial charge in [-0.1, -0.05) is 30.9 Å². The first kappa shape index (κ1) is 20.1. The second kappa shape index (κ2) is 7.99. The molecule has 138 valence electrons. The van der Waals surface area contributed by atoms with Crippen molar-refractivity contribution >= 4 is 18.5 Å². The molecule has 6 heteroatoms. The zero-order chi connectivity index (χ0) is 19.5. The molecule has 0 saturated carbocycles. The third-order valence-corrected chi connectivity index (χ3v) is 4.78. The molecule has 1 amide bonds. The maximum Gasteiger partial charge on any atom is 0.416 e. The number of rotatable bonds is 5. The predicted octanol–water partition coefficient (Wildman–Crippen LogP) is 4.78. The number of thiol groups is 1. The summed E-state index contributed by atoms with van der Waals surface area (Å²) in [5.74, 6) is -0.555. The molecular weight excluding hydrogens is 359 g/mol.